The summed E-state index contributed by atoms with van der Waals surface area (Å²) in [6, 6.07) is 4.93. The van der Waals surface area contributed by atoms with Crippen LogP contribution in [0.2, 0.25) is 0 Å². The lowest BCUT2D eigenvalue weighted by Crippen LogP contribution is -2.15. The van der Waals surface area contributed by atoms with Gasteiger partial charge < -0.3 is 5.32 Å². The number of halogens is 4. The Kier molecular flexibility index (Phi) is 3.84. The van der Waals surface area contributed by atoms with Gasteiger partial charge in [-0.25, -0.2) is 13.8 Å². The standard InChI is InChI=1S/C12H6BrF3N2O/c13-7-3-4-8(10(15)9(7)14)18-12(19)6-2-1-5-17-11(6)16/h1-5H,(H,18,19). The molecular formula is C12H6BrF3N2O. The lowest BCUT2D eigenvalue weighted by atomic mass is 10.2. The second-order valence-corrected chi connectivity index (χ2v) is 4.37. The van der Waals surface area contributed by atoms with E-state index in [4.69, 9.17) is 0 Å². The van der Waals surface area contributed by atoms with Crippen molar-refractivity contribution in [1.82, 2.24) is 4.98 Å². The van der Waals surface area contributed by atoms with E-state index in [0.29, 0.717) is 0 Å². The molecular weight excluding hydrogens is 325 g/mol. The number of hydrogen-bond acceptors (Lipinski definition) is 2. The van der Waals surface area contributed by atoms with Crippen molar-refractivity contribution in [1.29, 1.82) is 0 Å². The van der Waals surface area contributed by atoms with Crippen LogP contribution in [0.1, 0.15) is 10.4 Å². The lowest BCUT2D eigenvalue weighted by Gasteiger charge is -2.07. The Labute approximate surface area is 114 Å². The van der Waals surface area contributed by atoms with E-state index < -0.39 is 23.5 Å². The van der Waals surface area contributed by atoms with Gasteiger partial charge in [0.15, 0.2) is 11.6 Å². The van der Waals surface area contributed by atoms with Crippen LogP contribution >= 0.6 is 15.9 Å². The van der Waals surface area contributed by atoms with Crippen LogP contribution in [0.5, 0.6) is 0 Å². The normalized spacial score (nSPS) is 10.3. The molecule has 0 spiro atoms. The van der Waals surface area contributed by atoms with Gasteiger partial charge in [-0.15, -0.1) is 0 Å². The fourth-order valence-corrected chi connectivity index (χ4v) is 1.67. The molecule has 0 bridgehead atoms. The van der Waals surface area contributed by atoms with E-state index in [1.807, 2.05) is 0 Å². The van der Waals surface area contributed by atoms with Gasteiger partial charge in [0.25, 0.3) is 5.91 Å². The molecule has 2 aromatic rings. The third-order valence-corrected chi connectivity index (χ3v) is 2.90. The van der Waals surface area contributed by atoms with Gasteiger partial charge >= 0.3 is 0 Å². The Bertz CT molecular complexity index is 649. The average molecular weight is 331 g/mol. The molecule has 0 aliphatic carbocycles. The van der Waals surface area contributed by atoms with Gasteiger partial charge in [-0.3, -0.25) is 4.79 Å². The van der Waals surface area contributed by atoms with Gasteiger partial charge in [0.05, 0.1) is 15.7 Å². The van der Waals surface area contributed by atoms with Gasteiger partial charge in [-0.1, -0.05) is 0 Å². The summed E-state index contributed by atoms with van der Waals surface area (Å²) in [7, 11) is 0. The summed E-state index contributed by atoms with van der Waals surface area (Å²) in [4.78, 5) is 15.0. The first-order valence-corrected chi connectivity index (χ1v) is 5.85. The maximum absolute atomic E-state index is 13.5. The monoisotopic (exact) mass is 330 g/mol. The molecule has 0 aliphatic heterocycles. The third-order valence-electron chi connectivity index (χ3n) is 2.29. The van der Waals surface area contributed by atoms with Crippen LogP contribution in [0.15, 0.2) is 34.9 Å². The Morgan fingerprint density at radius 1 is 1.16 bits per heavy atom. The van der Waals surface area contributed by atoms with Crippen LogP contribution in [0, 0.1) is 17.6 Å². The van der Waals surface area contributed by atoms with Gasteiger partial charge in [0.1, 0.15) is 0 Å². The Morgan fingerprint density at radius 3 is 2.58 bits per heavy atom. The Hall–Kier alpha value is -1.89. The van der Waals surface area contributed by atoms with E-state index in [1.54, 1.807) is 0 Å². The van der Waals surface area contributed by atoms with Gasteiger partial charge in [0, 0.05) is 6.20 Å². The third kappa shape index (κ3) is 2.76. The minimum absolute atomic E-state index is 0.0736. The predicted molar refractivity (Wildman–Crippen MR) is 66.2 cm³/mol. The summed E-state index contributed by atoms with van der Waals surface area (Å²) < 4.78 is 39.9. The molecule has 0 saturated heterocycles. The Balaban J connectivity index is 2.30. The maximum Gasteiger partial charge on any atom is 0.260 e. The van der Waals surface area contributed by atoms with Gasteiger partial charge in [0.2, 0.25) is 5.95 Å². The average Bonchev–Trinajstić information content (AvgIpc) is 2.40. The van der Waals surface area contributed by atoms with E-state index >= 15 is 0 Å². The summed E-state index contributed by atoms with van der Waals surface area (Å²) in [5, 5.41) is 2.08. The number of anilines is 1. The van der Waals surface area contributed by atoms with Crippen molar-refractivity contribution in [2.75, 3.05) is 5.32 Å². The van der Waals surface area contributed by atoms with E-state index in [-0.39, 0.29) is 15.7 Å². The quantitative estimate of drug-likeness (QED) is 0.676. The summed E-state index contributed by atoms with van der Waals surface area (Å²) in [5.74, 6) is -4.26. The SMILES string of the molecule is O=C(Nc1ccc(Br)c(F)c1F)c1cccnc1F. The molecule has 0 radical (unpaired) electrons. The number of carbonyl (C=O) groups excluding carboxylic acids is 1. The predicted octanol–water partition coefficient (Wildman–Crippen LogP) is 3.51. The molecule has 0 saturated carbocycles. The highest BCUT2D eigenvalue weighted by Gasteiger charge is 2.17. The molecule has 1 N–H and O–H groups in total. The molecule has 1 aromatic carbocycles. The smallest absolute Gasteiger partial charge is 0.260 e. The maximum atomic E-state index is 13.5. The Morgan fingerprint density at radius 2 is 1.89 bits per heavy atom. The fourth-order valence-electron chi connectivity index (χ4n) is 1.37. The van der Waals surface area contributed by atoms with Gasteiger partial charge in [-0.05, 0) is 40.2 Å². The number of aromatic nitrogens is 1. The number of hydrogen-bond donors (Lipinski definition) is 1. The highest BCUT2D eigenvalue weighted by Crippen LogP contribution is 2.24. The summed E-state index contributed by atoms with van der Waals surface area (Å²) in [6.07, 6.45) is 1.17. The van der Waals surface area contributed by atoms with Crippen LogP contribution < -0.4 is 5.32 Å². The van der Waals surface area contributed by atoms with Crippen molar-refractivity contribution in [2.45, 2.75) is 0 Å². The largest absolute Gasteiger partial charge is 0.319 e. The summed E-state index contributed by atoms with van der Waals surface area (Å²) in [5.41, 5.74) is -0.737. The first-order valence-electron chi connectivity index (χ1n) is 5.06. The summed E-state index contributed by atoms with van der Waals surface area (Å²) in [6.45, 7) is 0. The fraction of sp³-hybridized carbons (Fsp3) is 0. The molecule has 1 aromatic heterocycles. The number of carbonyl (C=O) groups is 1. The molecule has 0 fully saturated rings. The minimum Gasteiger partial charge on any atom is -0.319 e. The van der Waals surface area contributed by atoms with Crippen molar-refractivity contribution in [2.24, 2.45) is 0 Å². The number of nitrogens with zero attached hydrogens (tertiary/aromatic N) is 1. The molecule has 0 atom stereocenters. The number of nitrogens with one attached hydrogen (secondary N) is 1. The van der Waals surface area contributed by atoms with Crippen LogP contribution in [-0.4, -0.2) is 10.9 Å². The van der Waals surface area contributed by atoms with Crippen molar-refractivity contribution in [3.63, 3.8) is 0 Å². The van der Waals surface area contributed by atoms with E-state index in [9.17, 15) is 18.0 Å². The van der Waals surface area contributed by atoms with E-state index in [1.165, 1.54) is 24.4 Å². The zero-order valence-corrected chi connectivity index (χ0v) is 10.8. The van der Waals surface area contributed by atoms with Crippen LogP contribution in [0.4, 0.5) is 18.9 Å². The lowest BCUT2D eigenvalue weighted by molar-refractivity contribution is 0.102. The van der Waals surface area contributed by atoms with Crippen molar-refractivity contribution < 1.29 is 18.0 Å². The van der Waals surface area contributed by atoms with Crippen LogP contribution in [0.3, 0.4) is 0 Å². The molecule has 0 unspecified atom stereocenters. The zero-order chi connectivity index (χ0) is 14.0. The van der Waals surface area contributed by atoms with E-state index in [0.717, 1.165) is 6.07 Å². The molecule has 19 heavy (non-hydrogen) atoms. The van der Waals surface area contributed by atoms with Gasteiger partial charge in [-0.2, -0.15) is 4.39 Å². The first kappa shape index (κ1) is 13.5. The molecule has 3 nitrogen and oxygen atoms in total. The minimum atomic E-state index is -1.23. The number of rotatable bonds is 2. The molecule has 7 heteroatoms. The highest BCUT2D eigenvalue weighted by atomic mass is 79.9. The number of benzene rings is 1. The highest BCUT2D eigenvalue weighted by molar-refractivity contribution is 9.10. The first-order chi connectivity index (χ1) is 9.00. The topological polar surface area (TPSA) is 42.0 Å². The molecule has 98 valence electrons. The molecule has 1 heterocycles. The second kappa shape index (κ2) is 5.40. The zero-order valence-electron chi connectivity index (χ0n) is 9.25. The van der Waals surface area contributed by atoms with Crippen LogP contribution in [0.25, 0.3) is 0 Å². The molecule has 1 amide bonds. The van der Waals surface area contributed by atoms with Crippen molar-refractivity contribution >= 4 is 27.5 Å². The van der Waals surface area contributed by atoms with Crippen molar-refractivity contribution in [3.8, 4) is 0 Å². The second-order valence-electron chi connectivity index (χ2n) is 3.52. The molecule has 0 aliphatic rings. The number of amides is 1. The van der Waals surface area contributed by atoms with Crippen LogP contribution in [-0.2, 0) is 0 Å². The van der Waals surface area contributed by atoms with Crippen molar-refractivity contribution in [3.05, 3.63) is 58.1 Å². The molecule has 2 rings (SSSR count). The number of pyridine rings is 1. The van der Waals surface area contributed by atoms with E-state index in [2.05, 4.69) is 26.2 Å². The summed E-state index contributed by atoms with van der Waals surface area (Å²) >= 11 is 2.81.